The fourth-order valence-corrected chi connectivity index (χ4v) is 1.40. The highest BCUT2D eigenvalue weighted by atomic mass is 16.6. The van der Waals surface area contributed by atoms with Crippen molar-refractivity contribution in [1.82, 2.24) is 5.32 Å². The van der Waals surface area contributed by atoms with Crippen molar-refractivity contribution in [2.75, 3.05) is 32.9 Å². The number of esters is 1. The molecule has 16 heavy (non-hydrogen) atoms. The first-order valence-corrected chi connectivity index (χ1v) is 5.86. The summed E-state index contributed by atoms with van der Waals surface area (Å²) >= 11 is 0. The minimum atomic E-state index is -0.333. The van der Waals surface area contributed by atoms with Gasteiger partial charge in [-0.2, -0.15) is 0 Å². The predicted molar refractivity (Wildman–Crippen MR) is 59.1 cm³/mol. The predicted octanol–water partition coefficient (Wildman–Crippen LogP) is -0.0734. The molecule has 5 nitrogen and oxygen atoms in total. The third-order valence-electron chi connectivity index (χ3n) is 2.47. The minimum absolute atomic E-state index is 0.000693. The fourth-order valence-electron chi connectivity index (χ4n) is 1.40. The Morgan fingerprint density at radius 2 is 2.31 bits per heavy atom. The maximum atomic E-state index is 10.9. The number of hydrogen-bond acceptors (Lipinski definition) is 5. The van der Waals surface area contributed by atoms with Gasteiger partial charge in [0, 0.05) is 13.1 Å². The van der Waals surface area contributed by atoms with E-state index in [9.17, 15) is 9.90 Å². The zero-order chi connectivity index (χ0) is 11.8. The lowest BCUT2D eigenvalue weighted by molar-refractivity contribution is -0.148. The zero-order valence-corrected chi connectivity index (χ0v) is 9.78. The van der Waals surface area contributed by atoms with Crippen LogP contribution >= 0.6 is 0 Å². The molecule has 1 aliphatic rings. The number of hydrogen-bond donors (Lipinski definition) is 2. The van der Waals surface area contributed by atoms with Gasteiger partial charge in [0.15, 0.2) is 0 Å². The van der Waals surface area contributed by atoms with Crippen molar-refractivity contribution in [2.45, 2.75) is 25.9 Å². The van der Waals surface area contributed by atoms with Crippen LogP contribution in [0.5, 0.6) is 0 Å². The molecule has 0 heterocycles. The van der Waals surface area contributed by atoms with E-state index in [-0.39, 0.29) is 18.7 Å². The second kappa shape index (κ2) is 7.60. The third kappa shape index (κ3) is 6.05. The fraction of sp³-hybridized carbons (Fsp3) is 0.909. The Morgan fingerprint density at radius 3 is 2.94 bits per heavy atom. The minimum Gasteiger partial charge on any atom is -0.464 e. The van der Waals surface area contributed by atoms with E-state index in [0.717, 1.165) is 12.8 Å². The molecular weight excluding hydrogens is 210 g/mol. The molecule has 1 fully saturated rings. The van der Waals surface area contributed by atoms with Gasteiger partial charge >= 0.3 is 5.97 Å². The molecule has 0 amide bonds. The van der Waals surface area contributed by atoms with E-state index in [4.69, 9.17) is 9.47 Å². The van der Waals surface area contributed by atoms with Crippen molar-refractivity contribution < 1.29 is 19.4 Å². The molecule has 0 spiro atoms. The molecule has 0 aromatic rings. The lowest BCUT2D eigenvalue weighted by Gasteiger charge is -2.10. The van der Waals surface area contributed by atoms with Gasteiger partial charge in [-0.3, -0.25) is 0 Å². The number of carbonyl (C=O) groups excluding carboxylic acids is 1. The van der Waals surface area contributed by atoms with Crippen LogP contribution in [0, 0.1) is 5.92 Å². The number of ether oxygens (including phenoxy) is 2. The summed E-state index contributed by atoms with van der Waals surface area (Å²) in [6, 6.07) is 0. The highest BCUT2D eigenvalue weighted by Gasteiger charge is 2.28. The Kier molecular flexibility index (Phi) is 6.37. The number of aliphatic hydroxyl groups is 1. The Balaban J connectivity index is 1.82. The summed E-state index contributed by atoms with van der Waals surface area (Å²) < 4.78 is 9.79. The van der Waals surface area contributed by atoms with Crippen LogP contribution in [0.15, 0.2) is 0 Å². The van der Waals surface area contributed by atoms with Crippen LogP contribution in [-0.2, 0) is 14.3 Å². The van der Waals surface area contributed by atoms with Gasteiger partial charge in [-0.1, -0.05) is 0 Å². The first-order chi connectivity index (χ1) is 7.74. The largest absolute Gasteiger partial charge is 0.464 e. The summed E-state index contributed by atoms with van der Waals surface area (Å²) in [6.07, 6.45) is 2.05. The Hall–Kier alpha value is -0.650. The molecule has 1 atom stereocenters. The SMILES string of the molecule is CCOC(=O)COCCNCC(O)C1CC1. The van der Waals surface area contributed by atoms with E-state index in [1.165, 1.54) is 0 Å². The summed E-state index contributed by atoms with van der Waals surface area (Å²) in [7, 11) is 0. The van der Waals surface area contributed by atoms with Crippen molar-refractivity contribution in [3.8, 4) is 0 Å². The molecule has 2 N–H and O–H groups in total. The lowest BCUT2D eigenvalue weighted by atomic mass is 10.2. The van der Waals surface area contributed by atoms with E-state index in [1.807, 2.05) is 0 Å². The van der Waals surface area contributed by atoms with E-state index < -0.39 is 0 Å². The highest BCUT2D eigenvalue weighted by molar-refractivity contribution is 5.70. The first kappa shape index (κ1) is 13.4. The Morgan fingerprint density at radius 1 is 1.56 bits per heavy atom. The molecule has 1 unspecified atom stereocenters. The zero-order valence-electron chi connectivity index (χ0n) is 9.78. The van der Waals surface area contributed by atoms with Gasteiger partial charge in [-0.15, -0.1) is 0 Å². The third-order valence-corrected chi connectivity index (χ3v) is 2.47. The normalized spacial score (nSPS) is 17.1. The molecule has 0 radical (unpaired) electrons. The summed E-state index contributed by atoms with van der Waals surface area (Å²) in [5.74, 6) is 0.161. The molecule has 1 saturated carbocycles. The number of rotatable bonds is 9. The smallest absolute Gasteiger partial charge is 0.332 e. The number of aliphatic hydroxyl groups excluding tert-OH is 1. The Bertz CT molecular complexity index is 206. The van der Waals surface area contributed by atoms with E-state index in [0.29, 0.717) is 32.2 Å². The van der Waals surface area contributed by atoms with Crippen LogP contribution in [0.3, 0.4) is 0 Å². The molecule has 5 heteroatoms. The van der Waals surface area contributed by atoms with Gasteiger partial charge < -0.3 is 19.9 Å². The van der Waals surface area contributed by atoms with Crippen LogP contribution in [0.4, 0.5) is 0 Å². The standard InChI is InChI=1S/C11H21NO4/c1-2-16-11(14)8-15-6-5-12-7-10(13)9-3-4-9/h9-10,12-13H,2-8H2,1H3. The van der Waals surface area contributed by atoms with E-state index in [2.05, 4.69) is 5.32 Å². The summed E-state index contributed by atoms with van der Waals surface area (Å²) in [4.78, 5) is 10.9. The van der Waals surface area contributed by atoms with Crippen LogP contribution in [0.1, 0.15) is 19.8 Å². The highest BCUT2D eigenvalue weighted by Crippen LogP contribution is 2.32. The van der Waals surface area contributed by atoms with Gasteiger partial charge in [0.25, 0.3) is 0 Å². The van der Waals surface area contributed by atoms with Gasteiger partial charge in [-0.05, 0) is 25.7 Å². The van der Waals surface area contributed by atoms with Crippen LogP contribution in [-0.4, -0.2) is 50.1 Å². The van der Waals surface area contributed by atoms with Crippen LogP contribution < -0.4 is 5.32 Å². The average molecular weight is 231 g/mol. The summed E-state index contributed by atoms with van der Waals surface area (Å²) in [5, 5.41) is 12.6. The second-order valence-corrected chi connectivity index (χ2v) is 3.97. The Labute approximate surface area is 96.1 Å². The van der Waals surface area contributed by atoms with Crippen molar-refractivity contribution in [3.63, 3.8) is 0 Å². The maximum absolute atomic E-state index is 10.9. The number of carbonyl (C=O) groups is 1. The van der Waals surface area contributed by atoms with Crippen molar-refractivity contribution >= 4 is 5.97 Å². The molecule has 0 aromatic heterocycles. The molecule has 0 saturated heterocycles. The van der Waals surface area contributed by atoms with Gasteiger partial charge in [-0.25, -0.2) is 4.79 Å². The van der Waals surface area contributed by atoms with Gasteiger partial charge in [0.05, 0.1) is 19.3 Å². The molecule has 0 aromatic carbocycles. The number of nitrogens with one attached hydrogen (secondary N) is 1. The lowest BCUT2D eigenvalue weighted by Crippen LogP contribution is -2.31. The van der Waals surface area contributed by atoms with Crippen molar-refractivity contribution in [2.24, 2.45) is 5.92 Å². The molecule has 94 valence electrons. The second-order valence-electron chi connectivity index (χ2n) is 3.97. The van der Waals surface area contributed by atoms with Gasteiger partial charge in [0.1, 0.15) is 6.61 Å². The van der Waals surface area contributed by atoms with Crippen LogP contribution in [0.25, 0.3) is 0 Å². The maximum Gasteiger partial charge on any atom is 0.332 e. The topological polar surface area (TPSA) is 67.8 Å². The molecule has 0 aliphatic heterocycles. The quantitative estimate of drug-likeness (QED) is 0.429. The van der Waals surface area contributed by atoms with Crippen molar-refractivity contribution in [1.29, 1.82) is 0 Å². The van der Waals surface area contributed by atoms with E-state index in [1.54, 1.807) is 6.92 Å². The first-order valence-electron chi connectivity index (χ1n) is 5.86. The van der Waals surface area contributed by atoms with E-state index >= 15 is 0 Å². The van der Waals surface area contributed by atoms with Crippen molar-refractivity contribution in [3.05, 3.63) is 0 Å². The molecule has 1 rings (SSSR count). The summed E-state index contributed by atoms with van der Waals surface area (Å²) in [5.41, 5.74) is 0. The summed E-state index contributed by atoms with van der Waals surface area (Å²) in [6.45, 7) is 3.85. The average Bonchev–Trinajstić information content (AvgIpc) is 3.06. The molecule has 1 aliphatic carbocycles. The van der Waals surface area contributed by atoms with Gasteiger partial charge in [0.2, 0.25) is 0 Å². The molecular formula is C11H21NO4. The monoisotopic (exact) mass is 231 g/mol. The van der Waals surface area contributed by atoms with Crippen LogP contribution in [0.2, 0.25) is 0 Å². The molecule has 0 bridgehead atoms.